The number of carbonyl (C=O) groups is 2. The van der Waals surface area contributed by atoms with E-state index in [9.17, 15) is 9.59 Å². The average Bonchev–Trinajstić information content (AvgIpc) is 2.98. The van der Waals surface area contributed by atoms with Crippen molar-refractivity contribution in [2.24, 2.45) is 0 Å². The van der Waals surface area contributed by atoms with Gasteiger partial charge in [0, 0.05) is 29.9 Å². The molecule has 26 heavy (non-hydrogen) atoms. The highest BCUT2D eigenvalue weighted by Gasteiger charge is 2.17. The largest absolute Gasteiger partial charge is 0.484 e. The van der Waals surface area contributed by atoms with E-state index >= 15 is 0 Å². The van der Waals surface area contributed by atoms with Crippen LogP contribution in [0.3, 0.4) is 0 Å². The number of nitrogens with zero attached hydrogens (tertiary/aromatic N) is 1. The van der Waals surface area contributed by atoms with Gasteiger partial charge in [0.1, 0.15) is 10.6 Å². The topological polar surface area (TPSA) is 58.6 Å². The molecule has 0 unspecified atom stereocenters. The fourth-order valence-corrected chi connectivity index (χ4v) is 3.67. The highest BCUT2D eigenvalue weighted by molar-refractivity contribution is 7.21. The third-order valence-electron chi connectivity index (χ3n) is 3.71. The predicted octanol–water partition coefficient (Wildman–Crippen LogP) is 4.27. The molecule has 2 aromatic carbocycles. The maximum absolute atomic E-state index is 12.5. The number of likely N-dealkylation sites (N-methyl/N-ethyl adjacent to an activating group) is 1. The van der Waals surface area contributed by atoms with E-state index in [1.165, 1.54) is 16.2 Å². The van der Waals surface area contributed by atoms with E-state index in [0.717, 1.165) is 10.1 Å². The lowest BCUT2D eigenvalue weighted by Gasteiger charge is -2.11. The van der Waals surface area contributed by atoms with E-state index in [-0.39, 0.29) is 18.4 Å². The summed E-state index contributed by atoms with van der Waals surface area (Å²) in [5, 5.41) is 4.16. The van der Waals surface area contributed by atoms with E-state index in [2.05, 4.69) is 5.32 Å². The molecule has 0 aliphatic heterocycles. The van der Waals surface area contributed by atoms with Gasteiger partial charge in [-0.25, -0.2) is 0 Å². The minimum absolute atomic E-state index is 0.0316. The molecule has 2 amide bonds. The molecule has 1 aromatic heterocycles. The Morgan fingerprint density at radius 1 is 1.12 bits per heavy atom. The van der Waals surface area contributed by atoms with Crippen molar-refractivity contribution in [3.05, 3.63) is 58.4 Å². The monoisotopic (exact) mass is 388 g/mol. The van der Waals surface area contributed by atoms with Gasteiger partial charge in [-0.05, 0) is 30.3 Å². The molecule has 3 rings (SSSR count). The highest BCUT2D eigenvalue weighted by atomic mass is 35.5. The summed E-state index contributed by atoms with van der Waals surface area (Å²) in [4.78, 5) is 26.0. The molecule has 3 aromatic rings. The van der Waals surface area contributed by atoms with Crippen molar-refractivity contribution in [1.82, 2.24) is 4.90 Å². The Kier molecular flexibility index (Phi) is 5.44. The number of thiophene rings is 1. The van der Waals surface area contributed by atoms with Crippen molar-refractivity contribution in [1.29, 1.82) is 0 Å². The molecule has 0 fully saturated rings. The molecule has 0 spiro atoms. The normalized spacial score (nSPS) is 10.6. The molecule has 134 valence electrons. The van der Waals surface area contributed by atoms with Crippen LogP contribution in [0, 0.1) is 0 Å². The minimum atomic E-state index is -0.257. The van der Waals surface area contributed by atoms with E-state index in [1.54, 1.807) is 38.4 Å². The first-order valence-corrected chi connectivity index (χ1v) is 9.06. The predicted molar refractivity (Wildman–Crippen MR) is 105 cm³/mol. The van der Waals surface area contributed by atoms with Crippen molar-refractivity contribution in [2.45, 2.75) is 0 Å². The number of nitrogens with one attached hydrogen (secondary N) is 1. The quantitative estimate of drug-likeness (QED) is 0.709. The molecular weight excluding hydrogens is 372 g/mol. The first kappa shape index (κ1) is 18.2. The number of anilines is 1. The lowest BCUT2D eigenvalue weighted by molar-refractivity contribution is -0.130. The molecular formula is C19H17ClN2O3S. The van der Waals surface area contributed by atoms with Crippen LogP contribution >= 0.6 is 22.9 Å². The summed E-state index contributed by atoms with van der Waals surface area (Å²) >= 11 is 7.69. The second-order valence-electron chi connectivity index (χ2n) is 5.80. The van der Waals surface area contributed by atoms with Crippen LogP contribution in [0.1, 0.15) is 9.67 Å². The summed E-state index contributed by atoms with van der Waals surface area (Å²) in [7, 11) is 3.34. The van der Waals surface area contributed by atoms with Crippen LogP contribution in [0.2, 0.25) is 5.02 Å². The number of halogens is 1. The molecule has 0 radical (unpaired) electrons. The van der Waals surface area contributed by atoms with Crippen molar-refractivity contribution in [3.8, 4) is 5.75 Å². The van der Waals surface area contributed by atoms with Crippen molar-refractivity contribution < 1.29 is 14.3 Å². The number of benzene rings is 2. The third-order valence-corrected chi connectivity index (χ3v) is 5.39. The molecule has 5 nitrogen and oxygen atoms in total. The minimum Gasteiger partial charge on any atom is -0.484 e. The molecule has 1 N–H and O–H groups in total. The Morgan fingerprint density at radius 3 is 2.46 bits per heavy atom. The molecule has 0 aliphatic rings. The number of hydrogen-bond donors (Lipinski definition) is 1. The number of amides is 2. The zero-order chi connectivity index (χ0) is 18.7. The van der Waals surface area contributed by atoms with Gasteiger partial charge in [0.25, 0.3) is 11.8 Å². The third kappa shape index (κ3) is 3.98. The Morgan fingerprint density at radius 2 is 1.81 bits per heavy atom. The van der Waals surface area contributed by atoms with E-state index in [0.29, 0.717) is 21.3 Å². The van der Waals surface area contributed by atoms with Gasteiger partial charge in [0.2, 0.25) is 0 Å². The second-order valence-corrected chi connectivity index (χ2v) is 7.23. The summed E-state index contributed by atoms with van der Waals surface area (Å²) in [6.07, 6.45) is 0. The highest BCUT2D eigenvalue weighted by Crippen LogP contribution is 2.35. The van der Waals surface area contributed by atoms with Crippen LogP contribution in [-0.2, 0) is 4.79 Å². The van der Waals surface area contributed by atoms with Crippen molar-refractivity contribution in [2.75, 3.05) is 26.0 Å². The summed E-state index contributed by atoms with van der Waals surface area (Å²) in [5.74, 6) is 0.174. The lowest BCUT2D eigenvalue weighted by Crippen LogP contribution is -2.27. The lowest BCUT2D eigenvalue weighted by atomic mass is 10.2. The number of rotatable bonds is 5. The van der Waals surface area contributed by atoms with Crippen LogP contribution in [0.4, 0.5) is 5.69 Å². The second kappa shape index (κ2) is 7.76. The van der Waals surface area contributed by atoms with Gasteiger partial charge in [-0.2, -0.15) is 0 Å². The first-order valence-electron chi connectivity index (χ1n) is 7.87. The van der Waals surface area contributed by atoms with Crippen LogP contribution in [-0.4, -0.2) is 37.4 Å². The Bertz CT molecular complexity index is 951. The maximum atomic E-state index is 12.5. The summed E-state index contributed by atoms with van der Waals surface area (Å²) in [6, 6.07) is 14.5. The molecule has 7 heteroatoms. The molecule has 0 bridgehead atoms. The SMILES string of the molecule is CN(C)C(=O)COc1ccc(NC(=O)c2sc3ccccc3c2Cl)cc1. The fraction of sp³-hybridized carbons (Fsp3) is 0.158. The van der Waals surface area contributed by atoms with Gasteiger partial charge in [0.15, 0.2) is 6.61 Å². The number of fused-ring (bicyclic) bond motifs is 1. The van der Waals surface area contributed by atoms with Gasteiger partial charge in [-0.3, -0.25) is 9.59 Å². The van der Waals surface area contributed by atoms with E-state index in [4.69, 9.17) is 16.3 Å². The van der Waals surface area contributed by atoms with Crippen molar-refractivity contribution in [3.63, 3.8) is 0 Å². The zero-order valence-electron chi connectivity index (χ0n) is 14.3. The Hall–Kier alpha value is -2.57. The summed E-state index contributed by atoms with van der Waals surface area (Å²) in [6.45, 7) is -0.0316. The first-order chi connectivity index (χ1) is 12.5. The standard InChI is InChI=1S/C19H17ClN2O3S/c1-22(2)16(23)11-25-13-9-7-12(8-10-13)21-19(24)18-17(20)14-5-3-4-6-15(14)26-18/h3-10H,11H2,1-2H3,(H,21,24). The molecule has 0 atom stereocenters. The zero-order valence-corrected chi connectivity index (χ0v) is 15.9. The smallest absolute Gasteiger partial charge is 0.267 e. The van der Waals surface area contributed by atoms with Gasteiger partial charge in [-0.15, -0.1) is 11.3 Å². The maximum Gasteiger partial charge on any atom is 0.267 e. The van der Waals surface area contributed by atoms with Crippen LogP contribution in [0.25, 0.3) is 10.1 Å². The van der Waals surface area contributed by atoms with E-state index < -0.39 is 0 Å². The molecule has 0 saturated heterocycles. The van der Waals surface area contributed by atoms with E-state index in [1.807, 2.05) is 24.3 Å². The number of hydrogen-bond acceptors (Lipinski definition) is 4. The van der Waals surface area contributed by atoms with Crippen LogP contribution in [0.15, 0.2) is 48.5 Å². The Balaban J connectivity index is 1.67. The van der Waals surface area contributed by atoms with Gasteiger partial charge >= 0.3 is 0 Å². The molecule has 0 aliphatic carbocycles. The summed E-state index contributed by atoms with van der Waals surface area (Å²) < 4.78 is 6.38. The summed E-state index contributed by atoms with van der Waals surface area (Å²) in [5.41, 5.74) is 0.620. The fourth-order valence-electron chi connectivity index (χ4n) is 2.26. The average molecular weight is 389 g/mol. The van der Waals surface area contributed by atoms with Crippen molar-refractivity contribution >= 4 is 50.5 Å². The van der Waals surface area contributed by atoms with Crippen LogP contribution in [0.5, 0.6) is 5.75 Å². The Labute approximate surface area is 160 Å². The number of carbonyl (C=O) groups excluding carboxylic acids is 2. The molecule has 1 heterocycles. The van der Waals surface area contributed by atoms with Gasteiger partial charge < -0.3 is 15.0 Å². The van der Waals surface area contributed by atoms with Gasteiger partial charge in [-0.1, -0.05) is 29.8 Å². The van der Waals surface area contributed by atoms with Gasteiger partial charge in [0.05, 0.1) is 5.02 Å². The molecule has 0 saturated carbocycles. The number of ether oxygens (including phenoxy) is 1. The van der Waals surface area contributed by atoms with Crippen LogP contribution < -0.4 is 10.1 Å².